The number of carboxylic acids is 1. The third-order valence-corrected chi connectivity index (χ3v) is 3.61. The lowest BCUT2D eigenvalue weighted by Gasteiger charge is -2.10. The molecule has 2 rings (SSSR count). The Labute approximate surface area is 110 Å². The van der Waals surface area contributed by atoms with Gasteiger partial charge in [0.05, 0.1) is 10.5 Å². The molecule has 2 aromatic carbocycles. The molecule has 0 bridgehead atoms. The van der Waals surface area contributed by atoms with Gasteiger partial charge >= 0.3 is 5.97 Å². The van der Waals surface area contributed by atoms with E-state index in [0.717, 1.165) is 0 Å². The summed E-state index contributed by atoms with van der Waals surface area (Å²) in [6, 6.07) is 12.2. The molecule has 5 nitrogen and oxygen atoms in total. The van der Waals surface area contributed by atoms with Crippen LogP contribution >= 0.6 is 0 Å². The van der Waals surface area contributed by atoms with E-state index in [1.807, 2.05) is 0 Å². The van der Waals surface area contributed by atoms with Crippen LogP contribution in [0.4, 0.5) is 0 Å². The van der Waals surface area contributed by atoms with Gasteiger partial charge in [-0.25, -0.2) is 18.4 Å². The van der Waals surface area contributed by atoms with E-state index in [1.54, 1.807) is 24.3 Å². The molecule has 98 valence electrons. The van der Waals surface area contributed by atoms with E-state index < -0.39 is 16.0 Å². The fourth-order valence-electron chi connectivity index (χ4n) is 1.84. The molecule has 0 saturated heterocycles. The van der Waals surface area contributed by atoms with Crippen molar-refractivity contribution in [2.75, 3.05) is 0 Å². The monoisotopic (exact) mass is 277 g/mol. The normalized spacial score (nSPS) is 11.2. The molecule has 0 fully saturated rings. The molecule has 0 radical (unpaired) electrons. The van der Waals surface area contributed by atoms with Crippen LogP contribution < -0.4 is 5.14 Å². The van der Waals surface area contributed by atoms with Crippen LogP contribution in [0.5, 0.6) is 0 Å². The first-order valence-electron chi connectivity index (χ1n) is 5.36. The second-order valence-electron chi connectivity index (χ2n) is 3.89. The lowest BCUT2D eigenvalue weighted by molar-refractivity contribution is 0.0697. The summed E-state index contributed by atoms with van der Waals surface area (Å²) >= 11 is 0. The molecule has 19 heavy (non-hydrogen) atoms. The predicted octanol–water partition coefficient (Wildman–Crippen LogP) is 1.70. The van der Waals surface area contributed by atoms with Gasteiger partial charge in [-0.1, -0.05) is 36.4 Å². The maximum Gasteiger partial charge on any atom is 0.336 e. The zero-order valence-electron chi connectivity index (χ0n) is 9.78. The zero-order chi connectivity index (χ0) is 14.0. The lowest BCUT2D eigenvalue weighted by Crippen LogP contribution is -2.13. The van der Waals surface area contributed by atoms with Crippen molar-refractivity contribution in [1.82, 2.24) is 0 Å². The number of carboxylic acid groups (broad SMARTS) is 1. The Morgan fingerprint density at radius 1 is 0.947 bits per heavy atom. The molecule has 2 aromatic rings. The summed E-state index contributed by atoms with van der Waals surface area (Å²) in [6.07, 6.45) is 0. The Balaban J connectivity index is 2.78. The van der Waals surface area contributed by atoms with Crippen LogP contribution in [0.1, 0.15) is 10.4 Å². The Bertz CT molecular complexity index is 738. The van der Waals surface area contributed by atoms with Crippen molar-refractivity contribution in [3.05, 3.63) is 54.1 Å². The molecular formula is C13H11NO4S. The number of benzene rings is 2. The number of primary sulfonamides is 1. The Morgan fingerprint density at radius 3 is 2.05 bits per heavy atom. The fourth-order valence-corrected chi connectivity index (χ4v) is 2.59. The largest absolute Gasteiger partial charge is 0.478 e. The van der Waals surface area contributed by atoms with Crippen LogP contribution in [0, 0.1) is 0 Å². The summed E-state index contributed by atoms with van der Waals surface area (Å²) in [5.41, 5.74) is 0.626. The zero-order valence-corrected chi connectivity index (χ0v) is 10.6. The molecule has 0 unspecified atom stereocenters. The van der Waals surface area contributed by atoms with Crippen molar-refractivity contribution in [2.24, 2.45) is 5.14 Å². The van der Waals surface area contributed by atoms with E-state index in [9.17, 15) is 13.2 Å². The second kappa shape index (κ2) is 4.83. The minimum Gasteiger partial charge on any atom is -0.478 e. The third kappa shape index (κ3) is 2.64. The number of sulfonamides is 1. The summed E-state index contributed by atoms with van der Waals surface area (Å²) < 4.78 is 23.1. The molecule has 0 amide bonds. The Morgan fingerprint density at radius 2 is 1.47 bits per heavy atom. The molecule has 0 heterocycles. The first kappa shape index (κ1) is 13.3. The van der Waals surface area contributed by atoms with Crippen LogP contribution in [0.2, 0.25) is 0 Å². The maximum atomic E-state index is 11.5. The van der Waals surface area contributed by atoms with Gasteiger partial charge in [0.15, 0.2) is 0 Å². The summed E-state index contributed by atoms with van der Waals surface area (Å²) in [7, 11) is -3.92. The SMILES string of the molecule is NS(=O)(=O)c1ccccc1-c1ccccc1C(=O)O. The molecule has 3 N–H and O–H groups in total. The summed E-state index contributed by atoms with van der Waals surface area (Å²) in [5.74, 6) is -1.13. The fraction of sp³-hybridized carbons (Fsp3) is 0. The highest BCUT2D eigenvalue weighted by Crippen LogP contribution is 2.29. The first-order chi connectivity index (χ1) is 8.91. The van der Waals surface area contributed by atoms with E-state index in [2.05, 4.69) is 0 Å². The van der Waals surface area contributed by atoms with Crippen molar-refractivity contribution < 1.29 is 18.3 Å². The van der Waals surface area contributed by atoms with Gasteiger partial charge < -0.3 is 5.11 Å². The van der Waals surface area contributed by atoms with Gasteiger partial charge in [0.2, 0.25) is 10.0 Å². The van der Waals surface area contributed by atoms with E-state index in [-0.39, 0.29) is 16.0 Å². The Hall–Kier alpha value is -2.18. The molecule has 6 heteroatoms. The van der Waals surface area contributed by atoms with Crippen molar-refractivity contribution in [3.8, 4) is 11.1 Å². The van der Waals surface area contributed by atoms with Gasteiger partial charge in [0.25, 0.3) is 0 Å². The van der Waals surface area contributed by atoms with Gasteiger partial charge in [0, 0.05) is 5.56 Å². The summed E-state index contributed by atoms with van der Waals surface area (Å²) in [6.45, 7) is 0. The standard InChI is InChI=1S/C13H11NO4S/c14-19(17,18)12-8-4-3-6-10(12)9-5-1-2-7-11(9)13(15)16/h1-8H,(H,15,16)(H2,14,17,18). The summed E-state index contributed by atoms with van der Waals surface area (Å²) in [5, 5.41) is 14.3. The molecule has 0 aromatic heterocycles. The van der Waals surface area contributed by atoms with Crippen molar-refractivity contribution in [1.29, 1.82) is 0 Å². The van der Waals surface area contributed by atoms with Gasteiger partial charge in [0.1, 0.15) is 0 Å². The topological polar surface area (TPSA) is 97.5 Å². The number of hydrogen-bond acceptors (Lipinski definition) is 3. The van der Waals surface area contributed by atoms with Crippen LogP contribution in [-0.4, -0.2) is 19.5 Å². The van der Waals surface area contributed by atoms with Gasteiger partial charge in [-0.15, -0.1) is 0 Å². The lowest BCUT2D eigenvalue weighted by atomic mass is 10.00. The first-order valence-corrected chi connectivity index (χ1v) is 6.90. The average Bonchev–Trinajstić information content (AvgIpc) is 2.37. The highest BCUT2D eigenvalue weighted by Gasteiger charge is 2.18. The molecule has 0 saturated carbocycles. The average molecular weight is 277 g/mol. The van der Waals surface area contributed by atoms with Gasteiger partial charge in [-0.2, -0.15) is 0 Å². The molecule has 0 aliphatic carbocycles. The van der Waals surface area contributed by atoms with Crippen LogP contribution in [0.3, 0.4) is 0 Å². The molecule has 0 spiro atoms. The van der Waals surface area contributed by atoms with Crippen LogP contribution in [-0.2, 0) is 10.0 Å². The van der Waals surface area contributed by atoms with E-state index in [1.165, 1.54) is 24.3 Å². The van der Waals surface area contributed by atoms with E-state index in [4.69, 9.17) is 10.2 Å². The van der Waals surface area contributed by atoms with Crippen LogP contribution in [0.25, 0.3) is 11.1 Å². The minimum absolute atomic E-state index is 0.0265. The van der Waals surface area contributed by atoms with Crippen LogP contribution in [0.15, 0.2) is 53.4 Å². The van der Waals surface area contributed by atoms with Crippen molar-refractivity contribution >= 4 is 16.0 Å². The highest BCUT2D eigenvalue weighted by molar-refractivity contribution is 7.89. The number of nitrogens with two attached hydrogens (primary N) is 1. The predicted molar refractivity (Wildman–Crippen MR) is 70.2 cm³/mol. The molecule has 0 aliphatic heterocycles. The van der Waals surface area contributed by atoms with Gasteiger partial charge in [-0.05, 0) is 17.7 Å². The van der Waals surface area contributed by atoms with Crippen molar-refractivity contribution in [2.45, 2.75) is 4.90 Å². The Kier molecular flexibility index (Phi) is 3.37. The maximum absolute atomic E-state index is 11.5. The number of hydrogen-bond donors (Lipinski definition) is 2. The quantitative estimate of drug-likeness (QED) is 0.892. The van der Waals surface area contributed by atoms with E-state index >= 15 is 0 Å². The number of aromatic carboxylic acids is 1. The smallest absolute Gasteiger partial charge is 0.336 e. The third-order valence-electron chi connectivity index (χ3n) is 2.64. The van der Waals surface area contributed by atoms with Crippen molar-refractivity contribution in [3.63, 3.8) is 0 Å². The number of carbonyl (C=O) groups is 1. The molecule has 0 atom stereocenters. The highest BCUT2D eigenvalue weighted by atomic mass is 32.2. The molecular weight excluding hydrogens is 266 g/mol. The second-order valence-corrected chi connectivity index (χ2v) is 5.42. The van der Waals surface area contributed by atoms with E-state index in [0.29, 0.717) is 5.56 Å². The number of rotatable bonds is 3. The summed E-state index contributed by atoms with van der Waals surface area (Å²) in [4.78, 5) is 11.1. The molecule has 0 aliphatic rings. The minimum atomic E-state index is -3.92. The van der Waals surface area contributed by atoms with Gasteiger partial charge in [-0.3, -0.25) is 0 Å².